The van der Waals surface area contributed by atoms with E-state index in [9.17, 15) is 5.11 Å². The van der Waals surface area contributed by atoms with Gasteiger partial charge in [0.25, 0.3) is 0 Å². The zero-order chi connectivity index (χ0) is 11.0. The molecule has 2 nitrogen and oxygen atoms in total. The Labute approximate surface area is 94.1 Å². The van der Waals surface area contributed by atoms with Crippen LogP contribution in [-0.4, -0.2) is 9.67 Å². The maximum Gasteiger partial charge on any atom is 0.0912 e. The van der Waals surface area contributed by atoms with Crippen LogP contribution in [0.3, 0.4) is 0 Å². The van der Waals surface area contributed by atoms with Crippen molar-refractivity contribution in [3.05, 3.63) is 35.0 Å². The summed E-state index contributed by atoms with van der Waals surface area (Å²) < 4.78 is 2.09. The predicted octanol–water partition coefficient (Wildman–Crippen LogP) is 3.37. The molecule has 0 fully saturated rings. The number of aliphatic hydroxyl groups is 1. The van der Waals surface area contributed by atoms with Crippen LogP contribution in [0.5, 0.6) is 0 Å². The second-order valence-electron chi connectivity index (χ2n) is 3.66. The summed E-state index contributed by atoms with van der Waals surface area (Å²) in [7, 11) is 0. The summed E-state index contributed by atoms with van der Waals surface area (Å²) in [6.45, 7) is 4.67. The third-order valence-electron chi connectivity index (χ3n) is 2.67. The first-order valence-corrected chi connectivity index (χ1v) is 5.48. The summed E-state index contributed by atoms with van der Waals surface area (Å²) in [5, 5.41) is 11.4. The van der Waals surface area contributed by atoms with Gasteiger partial charge in [0.05, 0.1) is 6.10 Å². The summed E-state index contributed by atoms with van der Waals surface area (Å²) in [6, 6.07) is 7.79. The molecular weight excluding hydrogens is 210 g/mol. The maximum absolute atomic E-state index is 9.66. The summed E-state index contributed by atoms with van der Waals surface area (Å²) >= 11 is 6.11. The van der Waals surface area contributed by atoms with Crippen LogP contribution >= 0.6 is 11.6 Å². The largest absolute Gasteiger partial charge is 0.387 e. The van der Waals surface area contributed by atoms with Gasteiger partial charge in [0.2, 0.25) is 0 Å². The predicted molar refractivity (Wildman–Crippen MR) is 63.3 cm³/mol. The summed E-state index contributed by atoms with van der Waals surface area (Å²) in [5.74, 6) is 0. The molecule has 0 amide bonds. The fourth-order valence-electron chi connectivity index (χ4n) is 1.97. The quantitative estimate of drug-likeness (QED) is 0.830. The van der Waals surface area contributed by atoms with Gasteiger partial charge in [0, 0.05) is 28.2 Å². The normalized spacial score (nSPS) is 13.3. The zero-order valence-corrected chi connectivity index (χ0v) is 9.62. The van der Waals surface area contributed by atoms with Gasteiger partial charge in [-0.25, -0.2) is 0 Å². The van der Waals surface area contributed by atoms with Crippen molar-refractivity contribution in [3.63, 3.8) is 0 Å². The van der Waals surface area contributed by atoms with E-state index >= 15 is 0 Å². The van der Waals surface area contributed by atoms with Crippen molar-refractivity contribution in [2.75, 3.05) is 0 Å². The number of nitrogens with zero attached hydrogens (tertiary/aromatic N) is 1. The lowest BCUT2D eigenvalue weighted by molar-refractivity contribution is 0.190. The molecule has 80 valence electrons. The summed E-state index contributed by atoms with van der Waals surface area (Å²) in [6.07, 6.45) is -0.464. The third-order valence-corrected chi connectivity index (χ3v) is 3.00. The van der Waals surface area contributed by atoms with Gasteiger partial charge in [-0.1, -0.05) is 17.7 Å². The molecule has 1 atom stereocenters. The van der Waals surface area contributed by atoms with Crippen LogP contribution in [0.2, 0.25) is 5.02 Å². The van der Waals surface area contributed by atoms with E-state index in [1.54, 1.807) is 6.92 Å². The van der Waals surface area contributed by atoms with Crippen molar-refractivity contribution in [1.29, 1.82) is 0 Å². The highest BCUT2D eigenvalue weighted by Crippen LogP contribution is 2.29. The van der Waals surface area contributed by atoms with Gasteiger partial charge >= 0.3 is 0 Å². The molecule has 0 saturated carbocycles. The van der Waals surface area contributed by atoms with E-state index in [-0.39, 0.29) is 0 Å². The molecule has 1 N–H and O–H groups in total. The van der Waals surface area contributed by atoms with Crippen LogP contribution < -0.4 is 0 Å². The number of hydrogen-bond donors (Lipinski definition) is 1. The van der Waals surface area contributed by atoms with Crippen molar-refractivity contribution >= 4 is 22.5 Å². The topological polar surface area (TPSA) is 25.2 Å². The summed E-state index contributed by atoms with van der Waals surface area (Å²) in [5.41, 5.74) is 2.00. The molecule has 15 heavy (non-hydrogen) atoms. The SMILES string of the molecule is CCn1c(C(C)O)cc2c(Cl)cccc21. The molecule has 1 aromatic heterocycles. The van der Waals surface area contributed by atoms with E-state index in [4.69, 9.17) is 11.6 Å². The Hall–Kier alpha value is -0.990. The van der Waals surface area contributed by atoms with E-state index < -0.39 is 6.10 Å². The lowest BCUT2D eigenvalue weighted by Gasteiger charge is -2.09. The van der Waals surface area contributed by atoms with E-state index in [1.165, 1.54) is 0 Å². The first-order chi connectivity index (χ1) is 7.15. The minimum Gasteiger partial charge on any atom is -0.387 e. The lowest BCUT2D eigenvalue weighted by Crippen LogP contribution is -2.03. The number of hydrogen-bond acceptors (Lipinski definition) is 1. The second-order valence-corrected chi connectivity index (χ2v) is 4.07. The molecule has 0 aliphatic rings. The first-order valence-electron chi connectivity index (χ1n) is 5.11. The summed E-state index contributed by atoms with van der Waals surface area (Å²) in [4.78, 5) is 0. The minimum absolute atomic E-state index is 0.464. The number of benzene rings is 1. The average molecular weight is 224 g/mol. The molecule has 3 heteroatoms. The van der Waals surface area contributed by atoms with Crippen LogP contribution in [0.15, 0.2) is 24.3 Å². The maximum atomic E-state index is 9.66. The number of halogens is 1. The molecular formula is C12H14ClNO. The highest BCUT2D eigenvalue weighted by atomic mass is 35.5. The zero-order valence-electron chi connectivity index (χ0n) is 8.87. The van der Waals surface area contributed by atoms with E-state index in [0.29, 0.717) is 0 Å². The Bertz CT molecular complexity index is 488. The molecule has 2 aromatic rings. The minimum atomic E-state index is -0.464. The van der Waals surface area contributed by atoms with Crippen LogP contribution in [0.1, 0.15) is 25.6 Å². The van der Waals surface area contributed by atoms with Gasteiger partial charge in [-0.2, -0.15) is 0 Å². The van der Waals surface area contributed by atoms with Crippen LogP contribution in [0.25, 0.3) is 10.9 Å². The molecule has 0 spiro atoms. The Morgan fingerprint density at radius 2 is 2.20 bits per heavy atom. The van der Waals surface area contributed by atoms with Crippen molar-refractivity contribution in [1.82, 2.24) is 4.57 Å². The fourth-order valence-corrected chi connectivity index (χ4v) is 2.19. The van der Waals surface area contributed by atoms with Crippen molar-refractivity contribution < 1.29 is 5.11 Å². The monoisotopic (exact) mass is 223 g/mol. The molecule has 1 unspecified atom stereocenters. The van der Waals surface area contributed by atoms with E-state index in [1.807, 2.05) is 24.3 Å². The van der Waals surface area contributed by atoms with E-state index in [0.717, 1.165) is 28.2 Å². The second kappa shape index (κ2) is 3.87. The number of fused-ring (bicyclic) bond motifs is 1. The molecule has 0 aliphatic heterocycles. The molecule has 0 saturated heterocycles. The molecule has 2 rings (SSSR count). The molecule has 0 aliphatic carbocycles. The standard InChI is InChI=1S/C12H14ClNO/c1-3-14-11-6-4-5-10(13)9(11)7-12(14)8(2)15/h4-8,15H,3H2,1-2H3. The molecule has 0 radical (unpaired) electrons. The number of aromatic nitrogens is 1. The van der Waals surface area contributed by atoms with E-state index in [2.05, 4.69) is 11.5 Å². The van der Waals surface area contributed by atoms with Gasteiger partial charge in [0.1, 0.15) is 0 Å². The van der Waals surface area contributed by atoms with Crippen molar-refractivity contribution in [2.24, 2.45) is 0 Å². The van der Waals surface area contributed by atoms with Gasteiger partial charge in [-0.05, 0) is 32.0 Å². The molecule has 0 bridgehead atoms. The van der Waals surface area contributed by atoms with Gasteiger partial charge in [-0.3, -0.25) is 0 Å². The highest BCUT2D eigenvalue weighted by molar-refractivity contribution is 6.35. The Balaban J connectivity index is 2.78. The Morgan fingerprint density at radius 3 is 2.80 bits per heavy atom. The Kier molecular flexibility index (Phi) is 2.72. The third kappa shape index (κ3) is 1.64. The highest BCUT2D eigenvalue weighted by Gasteiger charge is 2.12. The molecule has 1 heterocycles. The van der Waals surface area contributed by atoms with Crippen LogP contribution in [0, 0.1) is 0 Å². The lowest BCUT2D eigenvalue weighted by atomic mass is 10.2. The smallest absolute Gasteiger partial charge is 0.0912 e. The van der Waals surface area contributed by atoms with Gasteiger partial charge in [0.15, 0.2) is 0 Å². The van der Waals surface area contributed by atoms with Crippen molar-refractivity contribution in [2.45, 2.75) is 26.5 Å². The fraction of sp³-hybridized carbons (Fsp3) is 0.333. The molecule has 1 aromatic carbocycles. The van der Waals surface area contributed by atoms with Gasteiger partial charge < -0.3 is 9.67 Å². The number of rotatable bonds is 2. The first kappa shape index (κ1) is 10.5. The van der Waals surface area contributed by atoms with Crippen molar-refractivity contribution in [3.8, 4) is 0 Å². The Morgan fingerprint density at radius 1 is 1.47 bits per heavy atom. The van der Waals surface area contributed by atoms with Gasteiger partial charge in [-0.15, -0.1) is 0 Å². The average Bonchev–Trinajstić information content (AvgIpc) is 2.57. The van der Waals surface area contributed by atoms with Crippen LogP contribution in [0.4, 0.5) is 0 Å². The number of aliphatic hydroxyl groups excluding tert-OH is 1. The van der Waals surface area contributed by atoms with Crippen LogP contribution in [-0.2, 0) is 6.54 Å². The number of aryl methyl sites for hydroxylation is 1.